The number of hydrogen-bond acceptors (Lipinski definition) is 4. The highest BCUT2D eigenvalue weighted by Crippen LogP contribution is 2.37. The highest BCUT2D eigenvalue weighted by Gasteiger charge is 2.23. The number of rotatable bonds is 3. The molecule has 0 amide bonds. The minimum atomic E-state index is -0.793. The molecular weight excluding hydrogens is 405 g/mol. The van der Waals surface area contributed by atoms with Crippen LogP contribution in [0.3, 0.4) is 0 Å². The molecule has 2 heterocycles. The summed E-state index contributed by atoms with van der Waals surface area (Å²) in [5.74, 6) is 0.753. The lowest BCUT2D eigenvalue weighted by molar-refractivity contribution is 0.217. The summed E-state index contributed by atoms with van der Waals surface area (Å²) >= 11 is 6.00. The van der Waals surface area contributed by atoms with Crippen molar-refractivity contribution in [3.05, 3.63) is 100.0 Å². The Bertz CT molecular complexity index is 1260. The standard InChI is InChI=1S/C24H17ClFNO3/c25-23-18-7-5-15(27-21(18)9-8-20(23)26)13-29-16-6-10-22-19(11-16)24(28)17-4-2-1-3-14(17)12-30-22/h1-11,24,28H,12-13H2. The second-order valence-electron chi connectivity index (χ2n) is 7.11. The number of benzene rings is 3. The van der Waals surface area contributed by atoms with Crippen molar-refractivity contribution < 1.29 is 19.0 Å². The van der Waals surface area contributed by atoms with Gasteiger partial charge in [0.2, 0.25) is 0 Å². The highest BCUT2D eigenvalue weighted by atomic mass is 35.5. The average Bonchev–Trinajstić information content (AvgIpc) is 2.92. The predicted molar refractivity (Wildman–Crippen MR) is 112 cm³/mol. The number of ether oxygens (including phenoxy) is 2. The van der Waals surface area contributed by atoms with Gasteiger partial charge in [-0.3, -0.25) is 0 Å². The molecule has 1 aliphatic rings. The summed E-state index contributed by atoms with van der Waals surface area (Å²) in [7, 11) is 0. The highest BCUT2D eigenvalue weighted by molar-refractivity contribution is 6.35. The van der Waals surface area contributed by atoms with Gasteiger partial charge in [0.25, 0.3) is 0 Å². The summed E-state index contributed by atoms with van der Waals surface area (Å²) in [5.41, 5.74) is 3.73. The maximum atomic E-state index is 13.6. The van der Waals surface area contributed by atoms with Gasteiger partial charge >= 0.3 is 0 Å². The van der Waals surface area contributed by atoms with Crippen LogP contribution < -0.4 is 9.47 Å². The molecule has 1 N–H and O–H groups in total. The van der Waals surface area contributed by atoms with Gasteiger partial charge in [-0.15, -0.1) is 0 Å². The van der Waals surface area contributed by atoms with Crippen LogP contribution >= 0.6 is 11.6 Å². The van der Waals surface area contributed by atoms with Crippen LogP contribution in [-0.4, -0.2) is 10.1 Å². The largest absolute Gasteiger partial charge is 0.488 e. The third-order valence-electron chi connectivity index (χ3n) is 5.21. The molecule has 6 heteroatoms. The fourth-order valence-corrected chi connectivity index (χ4v) is 3.86. The van der Waals surface area contributed by atoms with Crippen LogP contribution in [0.15, 0.2) is 66.7 Å². The quantitative estimate of drug-likeness (QED) is 0.469. The molecule has 4 aromatic rings. The van der Waals surface area contributed by atoms with Gasteiger partial charge in [0.05, 0.1) is 16.2 Å². The Kier molecular flexibility index (Phi) is 4.77. The van der Waals surface area contributed by atoms with Crippen molar-refractivity contribution in [2.75, 3.05) is 0 Å². The summed E-state index contributed by atoms with van der Waals surface area (Å²) in [6, 6.07) is 19.4. The Morgan fingerprint density at radius 2 is 1.93 bits per heavy atom. The Morgan fingerprint density at radius 3 is 2.83 bits per heavy atom. The molecule has 0 bridgehead atoms. The van der Waals surface area contributed by atoms with Crippen molar-refractivity contribution in [3.63, 3.8) is 0 Å². The average molecular weight is 422 g/mol. The zero-order chi connectivity index (χ0) is 20.7. The first-order valence-corrected chi connectivity index (χ1v) is 9.87. The molecular formula is C24H17ClFNO3. The van der Waals surface area contributed by atoms with Gasteiger partial charge in [0.1, 0.15) is 36.6 Å². The van der Waals surface area contributed by atoms with Crippen LogP contribution in [0.2, 0.25) is 5.02 Å². The summed E-state index contributed by atoms with van der Waals surface area (Å²) in [4.78, 5) is 4.49. The molecule has 0 radical (unpaired) electrons. The first kappa shape index (κ1) is 18.9. The Labute approximate surface area is 177 Å². The van der Waals surface area contributed by atoms with Crippen LogP contribution in [-0.2, 0) is 13.2 Å². The van der Waals surface area contributed by atoms with E-state index in [1.54, 1.807) is 36.4 Å². The first-order valence-electron chi connectivity index (χ1n) is 9.49. The SMILES string of the molecule is OC1c2ccccc2COc2ccc(OCc3ccc4c(Cl)c(F)ccc4n3)cc21. The number of hydrogen-bond donors (Lipinski definition) is 1. The van der Waals surface area contributed by atoms with Gasteiger partial charge in [-0.25, -0.2) is 9.37 Å². The zero-order valence-electron chi connectivity index (χ0n) is 15.8. The fraction of sp³-hybridized carbons (Fsp3) is 0.125. The minimum Gasteiger partial charge on any atom is -0.488 e. The lowest BCUT2D eigenvalue weighted by Crippen LogP contribution is -2.03. The normalized spacial score (nSPS) is 15.1. The number of aromatic nitrogens is 1. The second-order valence-corrected chi connectivity index (χ2v) is 7.49. The van der Waals surface area contributed by atoms with Crippen LogP contribution in [0.4, 0.5) is 4.39 Å². The lowest BCUT2D eigenvalue weighted by atomic mass is 9.97. The molecule has 4 nitrogen and oxygen atoms in total. The van der Waals surface area contributed by atoms with Crippen molar-refractivity contribution in [3.8, 4) is 11.5 Å². The predicted octanol–water partition coefficient (Wildman–Crippen LogP) is 5.58. The smallest absolute Gasteiger partial charge is 0.142 e. The molecule has 0 spiro atoms. The van der Waals surface area contributed by atoms with E-state index in [0.29, 0.717) is 40.3 Å². The topological polar surface area (TPSA) is 51.6 Å². The minimum absolute atomic E-state index is 0.0625. The van der Waals surface area contributed by atoms with Crippen molar-refractivity contribution >= 4 is 22.5 Å². The van der Waals surface area contributed by atoms with E-state index >= 15 is 0 Å². The summed E-state index contributed by atoms with van der Waals surface area (Å²) in [5, 5.41) is 11.5. The number of aliphatic hydroxyl groups is 1. The van der Waals surface area contributed by atoms with Gasteiger partial charge in [0.15, 0.2) is 0 Å². The molecule has 0 saturated carbocycles. The number of fused-ring (bicyclic) bond motifs is 3. The maximum absolute atomic E-state index is 13.6. The van der Waals surface area contributed by atoms with E-state index in [1.807, 2.05) is 24.3 Å². The van der Waals surface area contributed by atoms with E-state index in [2.05, 4.69) is 4.98 Å². The Morgan fingerprint density at radius 1 is 1.07 bits per heavy atom. The van der Waals surface area contributed by atoms with Crippen LogP contribution in [0.1, 0.15) is 28.5 Å². The van der Waals surface area contributed by atoms with Crippen LogP contribution in [0.25, 0.3) is 10.9 Å². The zero-order valence-corrected chi connectivity index (χ0v) is 16.6. The van der Waals surface area contributed by atoms with Crippen molar-refractivity contribution in [2.24, 2.45) is 0 Å². The van der Waals surface area contributed by atoms with Crippen molar-refractivity contribution in [1.29, 1.82) is 0 Å². The molecule has 5 rings (SSSR count). The van der Waals surface area contributed by atoms with Crippen LogP contribution in [0, 0.1) is 5.82 Å². The molecule has 0 fully saturated rings. The summed E-state index contributed by atoms with van der Waals surface area (Å²) < 4.78 is 25.4. The summed E-state index contributed by atoms with van der Waals surface area (Å²) in [6.45, 7) is 0.627. The molecule has 150 valence electrons. The molecule has 3 aromatic carbocycles. The molecule has 1 unspecified atom stereocenters. The molecule has 1 aliphatic heterocycles. The van der Waals surface area contributed by atoms with Gasteiger partial charge in [-0.1, -0.05) is 35.9 Å². The lowest BCUT2D eigenvalue weighted by Gasteiger charge is -2.15. The van der Waals surface area contributed by atoms with E-state index < -0.39 is 11.9 Å². The number of nitrogens with zero attached hydrogens (tertiary/aromatic N) is 1. The molecule has 1 atom stereocenters. The number of halogens is 2. The second kappa shape index (κ2) is 7.59. The first-order chi connectivity index (χ1) is 14.6. The van der Waals surface area contributed by atoms with E-state index in [4.69, 9.17) is 21.1 Å². The Hall–Kier alpha value is -3.15. The maximum Gasteiger partial charge on any atom is 0.142 e. The summed E-state index contributed by atoms with van der Waals surface area (Å²) in [6.07, 6.45) is -0.793. The number of pyridine rings is 1. The fourth-order valence-electron chi connectivity index (χ4n) is 3.64. The molecule has 30 heavy (non-hydrogen) atoms. The third kappa shape index (κ3) is 3.36. The van der Waals surface area contributed by atoms with E-state index in [1.165, 1.54) is 6.07 Å². The molecule has 0 aliphatic carbocycles. The monoisotopic (exact) mass is 421 g/mol. The third-order valence-corrected chi connectivity index (χ3v) is 5.60. The van der Waals surface area contributed by atoms with E-state index in [-0.39, 0.29) is 11.6 Å². The van der Waals surface area contributed by atoms with E-state index in [9.17, 15) is 9.50 Å². The Balaban J connectivity index is 1.39. The van der Waals surface area contributed by atoms with Gasteiger partial charge in [-0.05, 0) is 53.6 Å². The molecule has 1 aromatic heterocycles. The van der Waals surface area contributed by atoms with E-state index in [0.717, 1.165) is 11.1 Å². The van der Waals surface area contributed by atoms with Crippen LogP contribution in [0.5, 0.6) is 11.5 Å². The number of aliphatic hydroxyl groups excluding tert-OH is 1. The van der Waals surface area contributed by atoms with Gasteiger partial charge in [0, 0.05) is 10.9 Å². The van der Waals surface area contributed by atoms with Gasteiger partial charge < -0.3 is 14.6 Å². The van der Waals surface area contributed by atoms with Crippen molar-refractivity contribution in [2.45, 2.75) is 19.3 Å². The molecule has 0 saturated heterocycles. The van der Waals surface area contributed by atoms with Crippen molar-refractivity contribution in [1.82, 2.24) is 4.98 Å². The van der Waals surface area contributed by atoms with Gasteiger partial charge in [-0.2, -0.15) is 0 Å².